The smallest absolute Gasteiger partial charge is 0.0723 e. The van der Waals surface area contributed by atoms with Crippen LogP contribution in [0.5, 0.6) is 0 Å². The summed E-state index contributed by atoms with van der Waals surface area (Å²) < 4.78 is 5.81. The lowest BCUT2D eigenvalue weighted by Crippen LogP contribution is -2.49. The summed E-state index contributed by atoms with van der Waals surface area (Å²) in [5.41, 5.74) is 2.44. The van der Waals surface area contributed by atoms with E-state index in [1.54, 1.807) is 0 Å². The molecule has 0 radical (unpaired) electrons. The van der Waals surface area contributed by atoms with E-state index in [9.17, 15) is 0 Å². The third kappa shape index (κ3) is 4.12. The maximum absolute atomic E-state index is 6.46. The predicted molar refractivity (Wildman–Crippen MR) is 90.3 cm³/mol. The van der Waals surface area contributed by atoms with Crippen molar-refractivity contribution >= 4 is 17.3 Å². The lowest BCUT2D eigenvalue weighted by molar-refractivity contribution is 0.0299. The highest BCUT2D eigenvalue weighted by Crippen LogP contribution is 2.31. The number of nitrogens with one attached hydrogen (secondary N) is 1. The SMILES string of the molecule is CCC1COC(C)CN1c1cccc(Cl)c1CNC(C)C. The highest BCUT2D eigenvalue weighted by atomic mass is 35.5. The Labute approximate surface area is 133 Å². The van der Waals surface area contributed by atoms with Crippen LogP contribution in [0, 0.1) is 0 Å². The van der Waals surface area contributed by atoms with Gasteiger partial charge in [-0.2, -0.15) is 0 Å². The van der Waals surface area contributed by atoms with Crippen molar-refractivity contribution in [3.8, 4) is 0 Å². The van der Waals surface area contributed by atoms with Crippen molar-refractivity contribution in [2.45, 2.75) is 58.8 Å². The molecule has 21 heavy (non-hydrogen) atoms. The second kappa shape index (κ2) is 7.48. The summed E-state index contributed by atoms with van der Waals surface area (Å²) in [6, 6.07) is 7.08. The fraction of sp³-hybridized carbons (Fsp3) is 0.647. The maximum atomic E-state index is 6.46. The first-order valence-electron chi connectivity index (χ1n) is 7.92. The van der Waals surface area contributed by atoms with Gasteiger partial charge in [0, 0.05) is 35.4 Å². The molecule has 3 nitrogen and oxygen atoms in total. The first-order chi connectivity index (χ1) is 10.0. The summed E-state index contributed by atoms with van der Waals surface area (Å²) in [6.45, 7) is 11.2. The van der Waals surface area contributed by atoms with E-state index < -0.39 is 0 Å². The van der Waals surface area contributed by atoms with E-state index >= 15 is 0 Å². The number of anilines is 1. The van der Waals surface area contributed by atoms with Crippen LogP contribution in [0.3, 0.4) is 0 Å². The number of morpholine rings is 1. The Morgan fingerprint density at radius 1 is 1.43 bits per heavy atom. The van der Waals surface area contributed by atoms with E-state index in [2.05, 4.69) is 44.0 Å². The fourth-order valence-corrected chi connectivity index (χ4v) is 3.01. The highest BCUT2D eigenvalue weighted by molar-refractivity contribution is 6.31. The van der Waals surface area contributed by atoms with Gasteiger partial charge < -0.3 is 15.0 Å². The summed E-state index contributed by atoms with van der Waals surface area (Å²) in [5, 5.41) is 4.33. The molecule has 2 rings (SSSR count). The molecule has 2 atom stereocenters. The van der Waals surface area contributed by atoms with E-state index in [-0.39, 0.29) is 6.10 Å². The number of halogens is 1. The molecule has 118 valence electrons. The van der Waals surface area contributed by atoms with Crippen molar-refractivity contribution in [1.82, 2.24) is 5.32 Å². The van der Waals surface area contributed by atoms with Gasteiger partial charge in [0.2, 0.25) is 0 Å². The minimum absolute atomic E-state index is 0.262. The molecular weight excluding hydrogens is 284 g/mol. The first-order valence-corrected chi connectivity index (χ1v) is 8.29. The van der Waals surface area contributed by atoms with Gasteiger partial charge in [-0.15, -0.1) is 0 Å². The van der Waals surface area contributed by atoms with E-state index in [1.807, 2.05) is 12.1 Å². The number of rotatable bonds is 5. The van der Waals surface area contributed by atoms with Crippen molar-refractivity contribution in [3.05, 3.63) is 28.8 Å². The molecule has 0 amide bonds. The summed E-state index contributed by atoms with van der Waals surface area (Å²) in [7, 11) is 0. The van der Waals surface area contributed by atoms with Crippen LogP contribution >= 0.6 is 11.6 Å². The second-order valence-electron chi connectivity index (χ2n) is 6.13. The molecule has 1 aliphatic heterocycles. The third-order valence-corrected chi connectivity index (χ3v) is 4.38. The number of benzene rings is 1. The molecule has 1 fully saturated rings. The van der Waals surface area contributed by atoms with Gasteiger partial charge in [0.15, 0.2) is 0 Å². The molecule has 1 heterocycles. The lowest BCUT2D eigenvalue weighted by Gasteiger charge is -2.41. The Hall–Kier alpha value is -0.770. The van der Waals surface area contributed by atoms with Gasteiger partial charge in [0.05, 0.1) is 18.8 Å². The van der Waals surface area contributed by atoms with Crippen LogP contribution in [-0.2, 0) is 11.3 Å². The maximum Gasteiger partial charge on any atom is 0.0723 e. The number of hydrogen-bond acceptors (Lipinski definition) is 3. The molecule has 2 unspecified atom stereocenters. The Kier molecular flexibility index (Phi) is 5.91. The summed E-state index contributed by atoms with van der Waals surface area (Å²) in [5.74, 6) is 0. The van der Waals surface area contributed by atoms with E-state index in [1.165, 1.54) is 11.3 Å². The van der Waals surface area contributed by atoms with Crippen molar-refractivity contribution in [2.24, 2.45) is 0 Å². The van der Waals surface area contributed by atoms with Gasteiger partial charge in [-0.3, -0.25) is 0 Å². The highest BCUT2D eigenvalue weighted by Gasteiger charge is 2.27. The van der Waals surface area contributed by atoms with E-state index in [0.717, 1.165) is 31.1 Å². The van der Waals surface area contributed by atoms with Crippen molar-refractivity contribution < 1.29 is 4.74 Å². The Morgan fingerprint density at radius 2 is 2.19 bits per heavy atom. The van der Waals surface area contributed by atoms with Gasteiger partial charge in [-0.25, -0.2) is 0 Å². The number of nitrogens with zero attached hydrogens (tertiary/aromatic N) is 1. The fourth-order valence-electron chi connectivity index (χ4n) is 2.77. The average Bonchev–Trinajstić information content (AvgIpc) is 2.45. The zero-order valence-electron chi connectivity index (χ0n) is 13.5. The average molecular weight is 311 g/mol. The van der Waals surface area contributed by atoms with Crippen LogP contribution in [0.15, 0.2) is 18.2 Å². The molecule has 1 aromatic rings. The molecule has 1 aromatic carbocycles. The standard InChI is InChI=1S/C17H27ClN2O/c1-5-14-11-21-13(4)10-20(14)17-8-6-7-16(18)15(17)9-19-12(2)3/h6-8,12-14,19H,5,9-11H2,1-4H3. The monoisotopic (exact) mass is 310 g/mol. The van der Waals surface area contributed by atoms with Gasteiger partial charge in [0.1, 0.15) is 0 Å². The molecule has 1 N–H and O–H groups in total. The number of ether oxygens (including phenoxy) is 1. The van der Waals surface area contributed by atoms with Crippen LogP contribution in [0.25, 0.3) is 0 Å². The molecule has 1 saturated heterocycles. The normalized spacial score (nSPS) is 22.9. The van der Waals surface area contributed by atoms with Crippen LogP contribution in [0.4, 0.5) is 5.69 Å². The van der Waals surface area contributed by atoms with Gasteiger partial charge in [-0.1, -0.05) is 38.4 Å². The summed E-state index contributed by atoms with van der Waals surface area (Å²) in [4.78, 5) is 2.47. The van der Waals surface area contributed by atoms with Crippen LogP contribution in [0.2, 0.25) is 5.02 Å². The second-order valence-corrected chi connectivity index (χ2v) is 6.54. The summed E-state index contributed by atoms with van der Waals surface area (Å²) >= 11 is 6.46. The predicted octanol–water partition coefficient (Wildman–Crippen LogP) is 3.84. The zero-order chi connectivity index (χ0) is 15.4. The van der Waals surface area contributed by atoms with Gasteiger partial charge in [0.25, 0.3) is 0 Å². The molecule has 0 saturated carbocycles. The first kappa shape index (κ1) is 16.6. The number of hydrogen-bond donors (Lipinski definition) is 1. The molecule has 0 spiro atoms. The van der Waals surface area contributed by atoms with Crippen molar-refractivity contribution in [2.75, 3.05) is 18.1 Å². The summed E-state index contributed by atoms with van der Waals surface area (Å²) in [6.07, 6.45) is 1.34. The van der Waals surface area contributed by atoms with Crippen LogP contribution < -0.4 is 10.2 Å². The minimum atomic E-state index is 0.262. The van der Waals surface area contributed by atoms with Gasteiger partial charge in [-0.05, 0) is 25.5 Å². The third-order valence-electron chi connectivity index (χ3n) is 4.03. The Bertz CT molecular complexity index is 464. The quantitative estimate of drug-likeness (QED) is 0.894. The van der Waals surface area contributed by atoms with Crippen molar-refractivity contribution in [1.29, 1.82) is 0 Å². The van der Waals surface area contributed by atoms with Gasteiger partial charge >= 0.3 is 0 Å². The molecule has 4 heteroatoms. The van der Waals surface area contributed by atoms with E-state index in [4.69, 9.17) is 16.3 Å². The lowest BCUT2D eigenvalue weighted by atomic mass is 10.1. The topological polar surface area (TPSA) is 24.5 Å². The van der Waals surface area contributed by atoms with E-state index in [0.29, 0.717) is 12.1 Å². The molecule has 0 bridgehead atoms. The minimum Gasteiger partial charge on any atom is -0.375 e. The molecule has 0 aliphatic carbocycles. The van der Waals surface area contributed by atoms with Crippen LogP contribution in [-0.4, -0.2) is 31.3 Å². The largest absolute Gasteiger partial charge is 0.375 e. The van der Waals surface area contributed by atoms with Crippen LogP contribution in [0.1, 0.15) is 39.7 Å². The Balaban J connectivity index is 2.30. The molecule has 0 aromatic heterocycles. The zero-order valence-corrected chi connectivity index (χ0v) is 14.3. The molecule has 1 aliphatic rings. The molecular formula is C17H27ClN2O. The Morgan fingerprint density at radius 3 is 2.86 bits per heavy atom. The van der Waals surface area contributed by atoms with Crippen molar-refractivity contribution in [3.63, 3.8) is 0 Å².